The van der Waals surface area contributed by atoms with Crippen LogP contribution in [0.4, 0.5) is 4.79 Å². The van der Waals surface area contributed by atoms with Crippen molar-refractivity contribution in [3.8, 4) is 5.75 Å². The number of hydrogen-bond acceptors (Lipinski definition) is 4. The minimum Gasteiger partial charge on any atom is -0.494 e. The van der Waals surface area contributed by atoms with E-state index in [0.29, 0.717) is 44.3 Å². The molecule has 0 spiro atoms. The summed E-state index contributed by atoms with van der Waals surface area (Å²) in [4.78, 5) is 14.2. The van der Waals surface area contributed by atoms with Crippen LogP contribution < -0.4 is 10.1 Å². The molecule has 144 valence electrons. The molecule has 6 heteroatoms. The number of carbonyl (C=O) groups excluding carboxylic acids is 1. The third kappa shape index (κ3) is 4.68. The Morgan fingerprint density at radius 1 is 1.15 bits per heavy atom. The summed E-state index contributed by atoms with van der Waals surface area (Å²) in [5.41, 5.74) is 1.16. The largest absolute Gasteiger partial charge is 0.494 e. The van der Waals surface area contributed by atoms with Crippen molar-refractivity contribution < 1.29 is 19.7 Å². The molecule has 26 heavy (non-hydrogen) atoms. The minimum atomic E-state index is -0.650. The molecule has 0 unspecified atom stereocenters. The van der Waals surface area contributed by atoms with Crippen molar-refractivity contribution in [1.29, 1.82) is 0 Å². The van der Waals surface area contributed by atoms with Crippen LogP contribution in [0.5, 0.6) is 5.75 Å². The van der Waals surface area contributed by atoms with Gasteiger partial charge in [-0.25, -0.2) is 4.79 Å². The van der Waals surface area contributed by atoms with Crippen molar-refractivity contribution in [3.63, 3.8) is 0 Å². The van der Waals surface area contributed by atoms with E-state index in [9.17, 15) is 15.0 Å². The first kappa shape index (κ1) is 19.0. The lowest BCUT2D eigenvalue weighted by atomic mass is 9.79. The summed E-state index contributed by atoms with van der Waals surface area (Å²) in [5, 5.41) is 22.6. The molecular formula is C20H30N2O4. The topological polar surface area (TPSA) is 82.0 Å². The van der Waals surface area contributed by atoms with Crippen molar-refractivity contribution in [2.24, 2.45) is 11.8 Å². The Kier molecular flexibility index (Phi) is 6.38. The van der Waals surface area contributed by atoms with Gasteiger partial charge in [-0.2, -0.15) is 0 Å². The molecule has 0 radical (unpaired) electrons. The molecule has 0 bridgehead atoms. The summed E-state index contributed by atoms with van der Waals surface area (Å²) >= 11 is 0. The number of urea groups is 1. The van der Waals surface area contributed by atoms with E-state index in [1.54, 1.807) is 0 Å². The smallest absolute Gasteiger partial charge is 0.317 e. The quantitative estimate of drug-likeness (QED) is 0.721. The zero-order valence-corrected chi connectivity index (χ0v) is 15.4. The first-order chi connectivity index (χ1) is 12.6. The van der Waals surface area contributed by atoms with Gasteiger partial charge in [0.05, 0.1) is 18.8 Å². The first-order valence-electron chi connectivity index (χ1n) is 9.67. The fourth-order valence-corrected chi connectivity index (χ4v) is 3.97. The van der Waals surface area contributed by atoms with Gasteiger partial charge in [-0.3, -0.25) is 0 Å². The van der Waals surface area contributed by atoms with Gasteiger partial charge in [0.2, 0.25) is 0 Å². The molecule has 2 aliphatic rings. The molecule has 2 fully saturated rings. The fourth-order valence-electron chi connectivity index (χ4n) is 3.97. The zero-order chi connectivity index (χ0) is 18.5. The Labute approximate surface area is 155 Å². The van der Waals surface area contributed by atoms with Gasteiger partial charge in [-0.15, -0.1) is 0 Å². The van der Waals surface area contributed by atoms with E-state index >= 15 is 0 Å². The van der Waals surface area contributed by atoms with Gasteiger partial charge in [-0.05, 0) is 55.2 Å². The second-order valence-electron chi connectivity index (χ2n) is 7.51. The molecule has 2 amide bonds. The molecular weight excluding hydrogens is 332 g/mol. The number of ether oxygens (including phenoxy) is 1. The van der Waals surface area contributed by atoms with Gasteiger partial charge in [0.25, 0.3) is 0 Å². The van der Waals surface area contributed by atoms with E-state index in [0.717, 1.165) is 30.8 Å². The summed E-state index contributed by atoms with van der Waals surface area (Å²) in [5.74, 6) is 1.48. The standard InChI is InChI=1S/C20H30N2O4/c1-2-9-26-17-5-3-14(4-6-17)7-8-21-20(25)22-12-15-10-18(23)19(24)11-16(15)13-22/h3-6,15-16,18-19,23-24H,2,7-13H2,1H3,(H,21,25)/t15-,16+,18-,19-/m0/s1. The number of hydrogen-bond donors (Lipinski definition) is 3. The number of nitrogens with one attached hydrogen (secondary N) is 1. The second kappa shape index (κ2) is 8.73. The Bertz CT molecular complexity index is 574. The van der Waals surface area contributed by atoms with Crippen LogP contribution in [-0.4, -0.2) is 59.6 Å². The first-order valence-corrected chi connectivity index (χ1v) is 9.67. The van der Waals surface area contributed by atoms with Gasteiger partial charge >= 0.3 is 6.03 Å². The number of carbonyl (C=O) groups is 1. The highest BCUT2D eigenvalue weighted by Crippen LogP contribution is 2.36. The molecule has 1 saturated heterocycles. The van der Waals surface area contributed by atoms with Gasteiger partial charge in [0, 0.05) is 19.6 Å². The second-order valence-corrected chi connectivity index (χ2v) is 7.51. The van der Waals surface area contributed by atoms with Crippen LogP contribution in [0.25, 0.3) is 0 Å². The van der Waals surface area contributed by atoms with Crippen molar-refractivity contribution >= 4 is 6.03 Å². The lowest BCUT2D eigenvalue weighted by Gasteiger charge is -2.31. The molecule has 1 saturated carbocycles. The highest BCUT2D eigenvalue weighted by atomic mass is 16.5. The predicted octanol–water partition coefficient (Wildman–Crippen LogP) is 1.79. The van der Waals surface area contributed by atoms with Crippen LogP contribution >= 0.6 is 0 Å². The maximum absolute atomic E-state index is 12.4. The molecule has 6 nitrogen and oxygen atoms in total. The predicted molar refractivity (Wildman–Crippen MR) is 99.1 cm³/mol. The van der Waals surface area contributed by atoms with Crippen LogP contribution in [0.1, 0.15) is 31.7 Å². The highest BCUT2D eigenvalue weighted by molar-refractivity contribution is 5.74. The zero-order valence-electron chi connectivity index (χ0n) is 15.4. The van der Waals surface area contributed by atoms with Gasteiger partial charge in [0.15, 0.2) is 0 Å². The number of aliphatic hydroxyl groups is 2. The molecule has 1 heterocycles. The van der Waals surface area contributed by atoms with Crippen molar-refractivity contribution in [2.75, 3.05) is 26.2 Å². The summed E-state index contributed by atoms with van der Waals surface area (Å²) in [7, 11) is 0. The summed E-state index contributed by atoms with van der Waals surface area (Å²) in [6.45, 7) is 4.73. The number of benzene rings is 1. The van der Waals surface area contributed by atoms with Crippen molar-refractivity contribution in [2.45, 2.75) is 44.8 Å². The summed E-state index contributed by atoms with van der Waals surface area (Å²) in [6.07, 6.45) is 1.64. The van der Waals surface area contributed by atoms with Crippen LogP contribution in [0.3, 0.4) is 0 Å². The number of amides is 2. The number of likely N-dealkylation sites (tertiary alicyclic amines) is 1. The number of aliphatic hydroxyl groups excluding tert-OH is 2. The summed E-state index contributed by atoms with van der Waals surface area (Å²) in [6, 6.07) is 7.95. The number of rotatable bonds is 6. The molecule has 4 atom stereocenters. The van der Waals surface area contributed by atoms with Crippen molar-refractivity contribution in [3.05, 3.63) is 29.8 Å². The van der Waals surface area contributed by atoms with Gasteiger partial charge in [-0.1, -0.05) is 19.1 Å². The van der Waals surface area contributed by atoms with Crippen LogP contribution in [0, 0.1) is 11.8 Å². The Morgan fingerprint density at radius 2 is 1.77 bits per heavy atom. The SMILES string of the molecule is CCCOc1ccc(CCNC(=O)N2C[C@H]3C[C@H](O)[C@@H](O)C[C@H]3C2)cc1. The average Bonchev–Trinajstić information content (AvgIpc) is 3.04. The molecule has 3 N–H and O–H groups in total. The van der Waals surface area contributed by atoms with E-state index in [2.05, 4.69) is 12.2 Å². The van der Waals surface area contributed by atoms with Gasteiger partial charge < -0.3 is 25.2 Å². The monoisotopic (exact) mass is 362 g/mol. The molecule has 3 rings (SSSR count). The maximum Gasteiger partial charge on any atom is 0.317 e. The van der Waals surface area contributed by atoms with Gasteiger partial charge in [0.1, 0.15) is 5.75 Å². The van der Waals surface area contributed by atoms with Crippen LogP contribution in [0.2, 0.25) is 0 Å². The average molecular weight is 362 g/mol. The molecule has 1 aliphatic carbocycles. The van der Waals surface area contributed by atoms with E-state index in [1.165, 1.54) is 0 Å². The van der Waals surface area contributed by atoms with Crippen molar-refractivity contribution in [1.82, 2.24) is 10.2 Å². The van der Waals surface area contributed by atoms with Crippen LogP contribution in [0.15, 0.2) is 24.3 Å². The highest BCUT2D eigenvalue weighted by Gasteiger charge is 2.42. The summed E-state index contributed by atoms with van der Waals surface area (Å²) < 4.78 is 5.57. The Hall–Kier alpha value is -1.79. The maximum atomic E-state index is 12.4. The van der Waals surface area contributed by atoms with E-state index < -0.39 is 12.2 Å². The van der Waals surface area contributed by atoms with E-state index in [4.69, 9.17) is 4.74 Å². The lowest BCUT2D eigenvalue weighted by molar-refractivity contribution is -0.0372. The number of fused-ring (bicyclic) bond motifs is 1. The van der Waals surface area contributed by atoms with E-state index in [-0.39, 0.29) is 6.03 Å². The van der Waals surface area contributed by atoms with E-state index in [1.807, 2.05) is 29.2 Å². The Morgan fingerprint density at radius 3 is 2.35 bits per heavy atom. The molecule has 1 aromatic carbocycles. The minimum absolute atomic E-state index is 0.0497. The third-order valence-electron chi connectivity index (χ3n) is 5.48. The molecule has 1 aromatic rings. The normalized spacial score (nSPS) is 27.9. The third-order valence-corrected chi connectivity index (χ3v) is 5.48. The van der Waals surface area contributed by atoms with Crippen LogP contribution in [-0.2, 0) is 6.42 Å². The Balaban J connectivity index is 1.40. The molecule has 1 aliphatic heterocycles. The molecule has 0 aromatic heterocycles. The lowest BCUT2D eigenvalue weighted by Crippen LogP contribution is -2.39. The number of nitrogens with zero attached hydrogens (tertiary/aromatic N) is 1. The fraction of sp³-hybridized carbons (Fsp3) is 0.650.